The molecule has 0 radical (unpaired) electrons. The van der Waals surface area contributed by atoms with Crippen molar-refractivity contribution in [1.82, 2.24) is 4.98 Å². The van der Waals surface area contributed by atoms with Crippen molar-refractivity contribution in [3.05, 3.63) is 23.9 Å². The van der Waals surface area contributed by atoms with E-state index in [-0.39, 0.29) is 0 Å². The predicted molar refractivity (Wildman–Crippen MR) is 57.9 cm³/mol. The molecule has 7 nitrogen and oxygen atoms in total. The lowest BCUT2D eigenvalue weighted by Gasteiger charge is -2.10. The van der Waals surface area contributed by atoms with Gasteiger partial charge in [0.1, 0.15) is 18.8 Å². The topological polar surface area (TPSA) is 102 Å². The van der Waals surface area contributed by atoms with Gasteiger partial charge in [-0.3, -0.25) is 0 Å². The number of pyridine rings is 1. The lowest BCUT2D eigenvalue weighted by Crippen LogP contribution is -2.30. The molecule has 0 fully saturated rings. The van der Waals surface area contributed by atoms with Gasteiger partial charge in [-0.2, -0.15) is 5.10 Å². The predicted octanol–water partition coefficient (Wildman–Crippen LogP) is -0.204. The maximum absolute atomic E-state index is 5.54. The largest absolute Gasteiger partial charge is 0.391 e. The van der Waals surface area contributed by atoms with Gasteiger partial charge in [-0.05, 0) is 6.07 Å². The number of hydrogen-bond acceptors (Lipinski definition) is 6. The van der Waals surface area contributed by atoms with Gasteiger partial charge in [0.15, 0.2) is 0 Å². The highest BCUT2D eigenvalue weighted by Crippen LogP contribution is 2.07. The van der Waals surface area contributed by atoms with Gasteiger partial charge in [-0.25, -0.2) is 15.8 Å². The van der Waals surface area contributed by atoms with Crippen molar-refractivity contribution in [2.45, 2.75) is 6.61 Å². The second-order valence-corrected chi connectivity index (χ2v) is 2.60. The van der Waals surface area contributed by atoms with Crippen LogP contribution in [0.15, 0.2) is 28.6 Å². The maximum Gasteiger partial charge on any atom is 0.148 e. The number of hydrazine groups is 1. The zero-order valence-electron chi connectivity index (χ0n) is 8.08. The minimum atomic E-state index is 0.326. The quantitative estimate of drug-likeness (QED) is 0.302. The Kier molecular flexibility index (Phi) is 4.05. The Hall–Kier alpha value is -2.15. The molecule has 0 unspecified atom stereocenters. The summed E-state index contributed by atoms with van der Waals surface area (Å²) in [6, 6.07) is 3.52. The van der Waals surface area contributed by atoms with Crippen LogP contribution in [0.3, 0.4) is 0 Å². The fourth-order valence-corrected chi connectivity index (χ4v) is 0.906. The molecule has 0 aliphatic heterocycles. The van der Waals surface area contributed by atoms with Crippen molar-refractivity contribution in [1.29, 1.82) is 0 Å². The summed E-state index contributed by atoms with van der Waals surface area (Å²) in [6.07, 6.45) is 2.87. The molecule has 0 spiro atoms. The summed E-state index contributed by atoms with van der Waals surface area (Å²) in [6.45, 7) is 3.52. The van der Waals surface area contributed by atoms with E-state index in [0.29, 0.717) is 12.4 Å². The van der Waals surface area contributed by atoms with Gasteiger partial charge in [-0.15, -0.1) is 5.16 Å². The maximum atomic E-state index is 5.54. The Morgan fingerprint density at radius 3 is 2.93 bits per heavy atom. The Labute approximate surface area is 87.0 Å². The van der Waals surface area contributed by atoms with E-state index < -0.39 is 0 Å². The van der Waals surface area contributed by atoms with Gasteiger partial charge in [0.25, 0.3) is 0 Å². The summed E-state index contributed by atoms with van der Waals surface area (Å²) in [5.41, 5.74) is 0.865. The first-order valence-electron chi connectivity index (χ1n) is 4.08. The number of hydrazone groups is 1. The van der Waals surface area contributed by atoms with Crippen molar-refractivity contribution >= 4 is 18.9 Å². The molecule has 0 aromatic carbocycles. The van der Waals surface area contributed by atoms with E-state index in [1.165, 1.54) is 11.3 Å². The second kappa shape index (κ2) is 5.55. The van der Waals surface area contributed by atoms with Crippen molar-refractivity contribution in [3.63, 3.8) is 0 Å². The van der Waals surface area contributed by atoms with Crippen LogP contribution in [-0.2, 0) is 11.4 Å². The van der Waals surface area contributed by atoms with Crippen LogP contribution >= 0.6 is 0 Å². The van der Waals surface area contributed by atoms with E-state index >= 15 is 0 Å². The number of oxime groups is 1. The number of aromatic nitrogens is 1. The molecule has 1 heterocycles. The number of hydrogen-bond donors (Lipinski definition) is 2. The molecular weight excluding hydrogens is 196 g/mol. The first kappa shape index (κ1) is 10.9. The molecule has 4 N–H and O–H groups in total. The van der Waals surface area contributed by atoms with Gasteiger partial charge < -0.3 is 10.7 Å². The van der Waals surface area contributed by atoms with Crippen LogP contribution < -0.4 is 16.7 Å². The number of nitrogens with zero attached hydrogens (tertiary/aromatic N) is 4. The smallest absolute Gasteiger partial charge is 0.148 e. The number of rotatable bonds is 5. The Morgan fingerprint density at radius 1 is 1.60 bits per heavy atom. The minimum Gasteiger partial charge on any atom is -0.391 e. The van der Waals surface area contributed by atoms with Gasteiger partial charge >= 0.3 is 0 Å². The number of nitrogens with two attached hydrogens (primary N) is 2. The Balaban J connectivity index is 2.67. The first-order valence-corrected chi connectivity index (χ1v) is 4.08. The third-order valence-electron chi connectivity index (χ3n) is 1.59. The highest BCUT2D eigenvalue weighted by Gasteiger charge is 2.00. The van der Waals surface area contributed by atoms with Crippen LogP contribution in [0, 0.1) is 0 Å². The minimum absolute atomic E-state index is 0.326. The summed E-state index contributed by atoms with van der Waals surface area (Å²) in [7, 11) is 0. The summed E-state index contributed by atoms with van der Waals surface area (Å²) >= 11 is 0. The molecule has 0 aliphatic rings. The van der Waals surface area contributed by atoms with Crippen molar-refractivity contribution in [3.8, 4) is 0 Å². The summed E-state index contributed by atoms with van der Waals surface area (Å²) < 4.78 is 0. The lowest BCUT2D eigenvalue weighted by molar-refractivity contribution is 0.133. The van der Waals surface area contributed by atoms with E-state index in [1.807, 2.05) is 0 Å². The standard InChI is InChI=1S/C8H12N6O/c1-11-15-5-7-2-3-8(12-4-7)14(10)6-13-9/h2-4,6H,1,5,9-10H2/b13-6-. The van der Waals surface area contributed by atoms with Crippen molar-refractivity contribution < 1.29 is 4.84 Å². The molecule has 1 aromatic rings. The van der Waals surface area contributed by atoms with Gasteiger partial charge in [0.2, 0.25) is 0 Å². The molecular formula is C8H12N6O. The summed E-state index contributed by atoms with van der Waals surface area (Å²) in [5, 5.41) is 7.74. The molecule has 0 saturated carbocycles. The molecule has 1 aromatic heterocycles. The lowest BCUT2D eigenvalue weighted by atomic mass is 10.3. The van der Waals surface area contributed by atoms with Crippen molar-refractivity contribution in [2.24, 2.45) is 21.9 Å². The molecule has 1 rings (SSSR count). The highest BCUT2D eigenvalue weighted by molar-refractivity contribution is 5.75. The van der Waals surface area contributed by atoms with Crippen LogP contribution in [0.5, 0.6) is 0 Å². The van der Waals surface area contributed by atoms with E-state index in [4.69, 9.17) is 16.5 Å². The van der Waals surface area contributed by atoms with E-state index in [1.54, 1.807) is 18.3 Å². The molecule has 0 amide bonds. The highest BCUT2D eigenvalue weighted by atomic mass is 16.6. The fraction of sp³-hybridized carbons (Fsp3) is 0.125. The van der Waals surface area contributed by atoms with E-state index in [9.17, 15) is 0 Å². The second-order valence-electron chi connectivity index (χ2n) is 2.60. The zero-order valence-corrected chi connectivity index (χ0v) is 8.08. The Bertz CT molecular complexity index is 335. The monoisotopic (exact) mass is 208 g/mol. The average molecular weight is 208 g/mol. The van der Waals surface area contributed by atoms with Crippen LogP contribution in [0.4, 0.5) is 5.82 Å². The average Bonchev–Trinajstić information content (AvgIpc) is 2.27. The van der Waals surface area contributed by atoms with Crippen LogP contribution in [0.1, 0.15) is 5.56 Å². The van der Waals surface area contributed by atoms with Gasteiger partial charge in [-0.1, -0.05) is 6.07 Å². The molecule has 0 saturated heterocycles. The number of anilines is 1. The Morgan fingerprint density at radius 2 is 2.40 bits per heavy atom. The van der Waals surface area contributed by atoms with Crippen LogP contribution in [0.2, 0.25) is 0 Å². The SMILES string of the molecule is C=NOCc1ccc(N(N)/C=N\N)nc1. The third kappa shape index (κ3) is 3.24. The molecule has 7 heteroatoms. The first-order chi connectivity index (χ1) is 7.27. The zero-order chi connectivity index (χ0) is 11.1. The van der Waals surface area contributed by atoms with Crippen LogP contribution in [0.25, 0.3) is 0 Å². The summed E-state index contributed by atoms with van der Waals surface area (Å²) in [4.78, 5) is 8.81. The van der Waals surface area contributed by atoms with Crippen LogP contribution in [-0.4, -0.2) is 18.0 Å². The third-order valence-corrected chi connectivity index (χ3v) is 1.59. The van der Waals surface area contributed by atoms with E-state index in [0.717, 1.165) is 5.56 Å². The molecule has 80 valence electrons. The van der Waals surface area contributed by atoms with E-state index in [2.05, 4.69) is 22.0 Å². The van der Waals surface area contributed by atoms with Crippen molar-refractivity contribution in [2.75, 3.05) is 5.01 Å². The molecule has 0 atom stereocenters. The van der Waals surface area contributed by atoms with Gasteiger partial charge in [0.05, 0.1) is 0 Å². The normalized spacial score (nSPS) is 10.2. The molecule has 0 bridgehead atoms. The molecule has 15 heavy (non-hydrogen) atoms. The summed E-state index contributed by atoms with van der Waals surface area (Å²) in [5.74, 6) is 11.0. The van der Waals surface area contributed by atoms with Gasteiger partial charge in [0, 0.05) is 18.5 Å². The molecule has 0 aliphatic carbocycles. The fourth-order valence-electron chi connectivity index (χ4n) is 0.906.